The van der Waals surface area contributed by atoms with Crippen molar-refractivity contribution in [2.24, 2.45) is 5.41 Å². The molecule has 5 nitrogen and oxygen atoms in total. The highest BCUT2D eigenvalue weighted by Crippen LogP contribution is 2.38. The van der Waals surface area contributed by atoms with Crippen molar-refractivity contribution in [2.45, 2.75) is 44.8 Å². The average molecular weight is 406 g/mol. The largest absolute Gasteiger partial charge is 0.374 e. The highest BCUT2D eigenvalue weighted by atomic mass is 16.5. The Labute approximate surface area is 178 Å². The normalized spacial score (nSPS) is 23.7. The van der Waals surface area contributed by atoms with Gasteiger partial charge in [-0.2, -0.15) is 0 Å². The van der Waals surface area contributed by atoms with Crippen LogP contribution in [-0.4, -0.2) is 38.2 Å². The Morgan fingerprint density at radius 2 is 1.90 bits per heavy atom. The smallest absolute Gasteiger partial charge is 0.255 e. The summed E-state index contributed by atoms with van der Waals surface area (Å²) in [5, 5.41) is 6.53. The summed E-state index contributed by atoms with van der Waals surface area (Å²) in [6.45, 7) is 5.16. The molecule has 0 bridgehead atoms. The van der Waals surface area contributed by atoms with Gasteiger partial charge in [-0.25, -0.2) is 0 Å². The molecule has 1 atom stereocenters. The van der Waals surface area contributed by atoms with Crippen LogP contribution in [0.1, 0.15) is 48.0 Å². The van der Waals surface area contributed by atoms with Crippen molar-refractivity contribution in [2.75, 3.05) is 36.4 Å². The summed E-state index contributed by atoms with van der Waals surface area (Å²) >= 11 is 0. The number of hydrogen-bond donors (Lipinski definition) is 2. The van der Waals surface area contributed by atoms with Crippen LogP contribution >= 0.6 is 0 Å². The van der Waals surface area contributed by atoms with Gasteiger partial charge in [0, 0.05) is 42.0 Å². The van der Waals surface area contributed by atoms with Crippen molar-refractivity contribution in [3.8, 4) is 0 Å². The molecular weight excluding hydrogens is 374 g/mol. The molecule has 0 aromatic heterocycles. The van der Waals surface area contributed by atoms with E-state index in [4.69, 9.17) is 4.74 Å². The fourth-order valence-corrected chi connectivity index (χ4v) is 4.76. The lowest BCUT2D eigenvalue weighted by Crippen LogP contribution is -2.29. The predicted octanol–water partition coefficient (Wildman–Crippen LogP) is 4.20. The van der Waals surface area contributed by atoms with Gasteiger partial charge >= 0.3 is 0 Å². The van der Waals surface area contributed by atoms with Gasteiger partial charge in [0.2, 0.25) is 0 Å². The first-order valence-electron chi connectivity index (χ1n) is 11.3. The topological polar surface area (TPSA) is 53.6 Å². The number of carbonyl (C=O) groups excluding carboxylic acids is 1. The zero-order valence-electron chi connectivity index (χ0n) is 17.5. The standard InChI is InChI=1S/C25H31N3O2/c29-24(20-6-4-19(5-7-20)16-30-23-2-1-3-23)27-21-8-10-22(11-9-21)28-15-13-25(18-28)12-14-26-17-25/h4-11,23,26H,1-3,12-18H2,(H,27,29). The molecule has 3 aliphatic rings. The van der Waals surface area contributed by atoms with E-state index < -0.39 is 0 Å². The second-order valence-corrected chi connectivity index (χ2v) is 9.16. The summed E-state index contributed by atoms with van der Waals surface area (Å²) in [4.78, 5) is 15.1. The lowest BCUT2D eigenvalue weighted by molar-refractivity contribution is -0.00866. The Morgan fingerprint density at radius 3 is 2.57 bits per heavy atom. The molecule has 1 unspecified atom stereocenters. The van der Waals surface area contributed by atoms with Crippen LogP contribution in [0.15, 0.2) is 48.5 Å². The van der Waals surface area contributed by atoms with Crippen LogP contribution in [0.2, 0.25) is 0 Å². The van der Waals surface area contributed by atoms with Gasteiger partial charge in [-0.3, -0.25) is 4.79 Å². The Kier molecular flexibility index (Phi) is 5.48. The highest BCUT2D eigenvalue weighted by molar-refractivity contribution is 6.04. The molecule has 2 aliphatic heterocycles. The number of nitrogens with one attached hydrogen (secondary N) is 2. The summed E-state index contributed by atoms with van der Waals surface area (Å²) in [6.07, 6.45) is 6.60. The monoisotopic (exact) mass is 405 g/mol. The number of anilines is 2. The second kappa shape index (κ2) is 8.40. The van der Waals surface area contributed by atoms with Crippen molar-refractivity contribution in [3.63, 3.8) is 0 Å². The zero-order valence-corrected chi connectivity index (χ0v) is 17.5. The third kappa shape index (κ3) is 4.23. The maximum Gasteiger partial charge on any atom is 0.255 e. The maximum atomic E-state index is 12.6. The van der Waals surface area contributed by atoms with Crippen LogP contribution in [0.25, 0.3) is 0 Å². The first-order valence-corrected chi connectivity index (χ1v) is 11.3. The molecule has 2 aromatic rings. The Bertz CT molecular complexity index is 868. The van der Waals surface area contributed by atoms with Gasteiger partial charge in [0.05, 0.1) is 12.7 Å². The van der Waals surface area contributed by atoms with E-state index in [1.165, 1.54) is 37.8 Å². The molecular formula is C25H31N3O2. The number of carbonyl (C=O) groups is 1. The van der Waals surface area contributed by atoms with Gasteiger partial charge in [0.1, 0.15) is 0 Å². The zero-order chi connectivity index (χ0) is 20.4. The van der Waals surface area contributed by atoms with Crippen molar-refractivity contribution in [3.05, 3.63) is 59.7 Å². The van der Waals surface area contributed by atoms with Crippen LogP contribution in [0.5, 0.6) is 0 Å². The molecule has 158 valence electrons. The summed E-state index contributed by atoms with van der Waals surface area (Å²) < 4.78 is 5.84. The molecule has 1 aliphatic carbocycles. The van der Waals surface area contributed by atoms with Crippen molar-refractivity contribution < 1.29 is 9.53 Å². The average Bonchev–Trinajstić information content (AvgIpc) is 3.38. The Balaban J connectivity index is 1.15. The highest BCUT2D eigenvalue weighted by Gasteiger charge is 2.40. The van der Waals surface area contributed by atoms with Crippen LogP contribution < -0.4 is 15.5 Å². The number of benzene rings is 2. The lowest BCUT2D eigenvalue weighted by Gasteiger charge is -2.25. The molecule has 1 spiro atoms. The molecule has 3 fully saturated rings. The van der Waals surface area contributed by atoms with Crippen molar-refractivity contribution in [1.29, 1.82) is 0 Å². The van der Waals surface area contributed by atoms with E-state index in [9.17, 15) is 4.79 Å². The Morgan fingerprint density at radius 1 is 1.10 bits per heavy atom. The van der Waals surface area contributed by atoms with E-state index in [-0.39, 0.29) is 5.91 Å². The van der Waals surface area contributed by atoms with E-state index in [0.29, 0.717) is 23.7 Å². The van der Waals surface area contributed by atoms with Crippen LogP contribution in [0.3, 0.4) is 0 Å². The van der Waals surface area contributed by atoms with E-state index in [0.717, 1.165) is 37.4 Å². The van der Waals surface area contributed by atoms with E-state index >= 15 is 0 Å². The molecule has 30 heavy (non-hydrogen) atoms. The molecule has 1 amide bonds. The first kappa shape index (κ1) is 19.6. The van der Waals surface area contributed by atoms with E-state index in [1.54, 1.807) is 0 Å². The number of hydrogen-bond acceptors (Lipinski definition) is 4. The molecule has 2 N–H and O–H groups in total. The SMILES string of the molecule is O=C(Nc1ccc(N2CCC3(CCNC3)C2)cc1)c1ccc(COC2CCC2)cc1. The number of ether oxygens (including phenoxy) is 1. The summed E-state index contributed by atoms with van der Waals surface area (Å²) in [5.74, 6) is -0.0774. The maximum absolute atomic E-state index is 12.6. The quantitative estimate of drug-likeness (QED) is 0.756. The first-order chi connectivity index (χ1) is 14.7. The fourth-order valence-electron chi connectivity index (χ4n) is 4.76. The summed E-state index contributed by atoms with van der Waals surface area (Å²) in [5.41, 5.74) is 4.32. The van der Waals surface area contributed by atoms with Gasteiger partial charge in [-0.1, -0.05) is 12.1 Å². The third-order valence-corrected chi connectivity index (χ3v) is 7.01. The molecule has 2 aromatic carbocycles. The second-order valence-electron chi connectivity index (χ2n) is 9.16. The van der Waals surface area contributed by atoms with Gasteiger partial charge in [0.15, 0.2) is 0 Å². The number of nitrogens with zero attached hydrogens (tertiary/aromatic N) is 1. The van der Waals surface area contributed by atoms with Gasteiger partial charge in [-0.05, 0) is 80.6 Å². The van der Waals surface area contributed by atoms with E-state index in [2.05, 4.69) is 27.7 Å². The minimum Gasteiger partial charge on any atom is -0.374 e. The molecule has 1 saturated carbocycles. The van der Waals surface area contributed by atoms with Gasteiger partial charge in [0.25, 0.3) is 5.91 Å². The van der Waals surface area contributed by atoms with Crippen LogP contribution in [0, 0.1) is 5.41 Å². The molecule has 0 radical (unpaired) electrons. The van der Waals surface area contributed by atoms with E-state index in [1.807, 2.05) is 36.4 Å². The minimum absolute atomic E-state index is 0.0774. The number of rotatable bonds is 6. The molecule has 2 saturated heterocycles. The number of amides is 1. The third-order valence-electron chi connectivity index (χ3n) is 7.01. The predicted molar refractivity (Wildman–Crippen MR) is 120 cm³/mol. The van der Waals surface area contributed by atoms with Gasteiger partial charge in [-0.15, -0.1) is 0 Å². The van der Waals surface area contributed by atoms with Crippen LogP contribution in [-0.2, 0) is 11.3 Å². The lowest BCUT2D eigenvalue weighted by atomic mass is 9.86. The minimum atomic E-state index is -0.0774. The Hall–Kier alpha value is -2.37. The van der Waals surface area contributed by atoms with Crippen molar-refractivity contribution in [1.82, 2.24) is 5.32 Å². The molecule has 5 rings (SSSR count). The summed E-state index contributed by atoms with van der Waals surface area (Å²) in [6, 6.07) is 16.0. The summed E-state index contributed by atoms with van der Waals surface area (Å²) in [7, 11) is 0. The van der Waals surface area contributed by atoms with Crippen LogP contribution in [0.4, 0.5) is 11.4 Å². The molecule has 5 heteroatoms. The van der Waals surface area contributed by atoms with Crippen molar-refractivity contribution >= 4 is 17.3 Å². The van der Waals surface area contributed by atoms with Gasteiger partial charge < -0.3 is 20.3 Å². The fraction of sp³-hybridized carbons (Fsp3) is 0.480. The molecule has 2 heterocycles.